The average Bonchev–Trinajstić information content (AvgIpc) is 3.05. The lowest BCUT2D eigenvalue weighted by atomic mass is 9.65. The van der Waals surface area contributed by atoms with Crippen molar-refractivity contribution in [3.05, 3.63) is 60.4 Å². The minimum Gasteiger partial charge on any atom is -0.452 e. The van der Waals surface area contributed by atoms with Crippen molar-refractivity contribution in [2.45, 2.75) is 46.1 Å². The molecule has 2 fully saturated rings. The maximum absolute atomic E-state index is 13.1. The van der Waals surface area contributed by atoms with E-state index < -0.39 is 5.97 Å². The molecule has 0 N–H and O–H groups in total. The van der Waals surface area contributed by atoms with E-state index in [1.54, 1.807) is 18.5 Å². The normalized spacial score (nSPS) is 23.5. The highest BCUT2D eigenvalue weighted by Crippen LogP contribution is 2.52. The van der Waals surface area contributed by atoms with Crippen LogP contribution in [0.25, 0.3) is 22.2 Å². The van der Waals surface area contributed by atoms with Crippen molar-refractivity contribution in [2.75, 3.05) is 13.2 Å². The van der Waals surface area contributed by atoms with Crippen molar-refractivity contribution in [3.8, 4) is 11.3 Å². The number of carbonyl (C=O) groups excluding carboxylic acids is 2. The number of ether oxygens (including phenoxy) is 1. The zero-order valence-corrected chi connectivity index (χ0v) is 19.4. The van der Waals surface area contributed by atoms with Crippen molar-refractivity contribution in [1.29, 1.82) is 0 Å². The van der Waals surface area contributed by atoms with E-state index in [1.807, 2.05) is 41.3 Å². The number of hydrogen-bond acceptors (Lipinski definition) is 5. The minimum absolute atomic E-state index is 0.111. The lowest BCUT2D eigenvalue weighted by Gasteiger charge is -2.39. The Morgan fingerprint density at radius 2 is 1.94 bits per heavy atom. The number of pyridine rings is 2. The van der Waals surface area contributed by atoms with E-state index in [0.29, 0.717) is 22.2 Å². The van der Waals surface area contributed by atoms with Gasteiger partial charge in [0.1, 0.15) is 0 Å². The Bertz CT molecular complexity index is 1220. The maximum Gasteiger partial charge on any atom is 0.339 e. The van der Waals surface area contributed by atoms with Gasteiger partial charge in [0.15, 0.2) is 6.61 Å². The largest absolute Gasteiger partial charge is 0.452 e. The van der Waals surface area contributed by atoms with Gasteiger partial charge in [-0.05, 0) is 54.4 Å². The molecule has 1 saturated heterocycles. The van der Waals surface area contributed by atoms with Crippen molar-refractivity contribution in [2.24, 2.45) is 10.8 Å². The van der Waals surface area contributed by atoms with E-state index >= 15 is 0 Å². The Labute approximate surface area is 194 Å². The van der Waals surface area contributed by atoms with E-state index in [9.17, 15) is 9.59 Å². The monoisotopic (exact) mass is 443 g/mol. The molecule has 2 unspecified atom stereocenters. The van der Waals surface area contributed by atoms with Gasteiger partial charge in [-0.25, -0.2) is 9.78 Å². The van der Waals surface area contributed by atoms with Crippen molar-refractivity contribution >= 4 is 22.8 Å². The molecule has 6 nitrogen and oxygen atoms in total. The van der Waals surface area contributed by atoms with Crippen LogP contribution >= 0.6 is 0 Å². The Hall–Kier alpha value is -3.28. The first kappa shape index (κ1) is 21.6. The number of aromatic nitrogens is 2. The Morgan fingerprint density at radius 1 is 1.12 bits per heavy atom. The van der Waals surface area contributed by atoms with Crippen LogP contribution in [-0.2, 0) is 9.53 Å². The molecule has 5 rings (SSSR count). The number of esters is 1. The van der Waals surface area contributed by atoms with Crippen LogP contribution in [0.15, 0.2) is 54.9 Å². The van der Waals surface area contributed by atoms with Crippen molar-refractivity contribution < 1.29 is 14.3 Å². The first-order valence-corrected chi connectivity index (χ1v) is 11.5. The van der Waals surface area contributed by atoms with Crippen molar-refractivity contribution in [1.82, 2.24) is 14.9 Å². The van der Waals surface area contributed by atoms with Crippen LogP contribution < -0.4 is 0 Å². The summed E-state index contributed by atoms with van der Waals surface area (Å²) in [6.07, 6.45) is 6.54. The zero-order chi connectivity index (χ0) is 23.2. The summed E-state index contributed by atoms with van der Waals surface area (Å²) in [5.74, 6) is -0.624. The molecule has 1 aromatic carbocycles. The first-order chi connectivity index (χ1) is 15.7. The number of hydrogen-bond donors (Lipinski definition) is 0. The van der Waals surface area contributed by atoms with Crippen LogP contribution in [0.1, 0.15) is 50.4 Å². The number of nitrogens with zero attached hydrogens (tertiary/aromatic N) is 3. The molecule has 1 aliphatic carbocycles. The second kappa shape index (κ2) is 7.94. The van der Waals surface area contributed by atoms with Gasteiger partial charge in [-0.3, -0.25) is 9.78 Å². The Morgan fingerprint density at radius 3 is 2.73 bits per heavy atom. The van der Waals surface area contributed by atoms with E-state index in [2.05, 4.69) is 30.7 Å². The van der Waals surface area contributed by atoms with Gasteiger partial charge in [-0.2, -0.15) is 0 Å². The first-order valence-electron chi connectivity index (χ1n) is 11.5. The van der Waals surface area contributed by atoms with E-state index in [-0.39, 0.29) is 29.4 Å². The smallest absolute Gasteiger partial charge is 0.339 e. The number of fused-ring (bicyclic) bond motifs is 3. The van der Waals surface area contributed by atoms with E-state index in [1.165, 1.54) is 0 Å². The highest BCUT2D eigenvalue weighted by atomic mass is 16.5. The average molecular weight is 444 g/mol. The molecule has 2 aromatic heterocycles. The molecular formula is C27H29N3O3. The molecular weight excluding hydrogens is 414 g/mol. The molecule has 33 heavy (non-hydrogen) atoms. The van der Waals surface area contributed by atoms with Crippen LogP contribution in [0.2, 0.25) is 0 Å². The van der Waals surface area contributed by atoms with E-state index in [0.717, 1.165) is 31.4 Å². The summed E-state index contributed by atoms with van der Waals surface area (Å²) >= 11 is 0. The molecule has 170 valence electrons. The van der Waals surface area contributed by atoms with Gasteiger partial charge in [0.25, 0.3) is 5.91 Å². The standard InChI is InChI=1S/C27H29N3O3/c1-26(2)12-19-13-27(3,16-26)17-30(19)24(31)15-33-25(32)21-11-23(18-7-6-10-28-14-18)29-22-9-5-4-8-20(21)22/h4-11,14,19H,12-13,15-17H2,1-3H3. The molecule has 1 aliphatic heterocycles. The minimum atomic E-state index is -0.513. The summed E-state index contributed by atoms with van der Waals surface area (Å²) in [6, 6.07) is 13.1. The predicted octanol–water partition coefficient (Wildman–Crippen LogP) is 4.88. The fourth-order valence-electron chi connectivity index (χ4n) is 6.05. The second-order valence-corrected chi connectivity index (χ2v) is 10.6. The molecule has 0 radical (unpaired) electrons. The number of amides is 1. The summed E-state index contributed by atoms with van der Waals surface area (Å²) in [5, 5.41) is 0.703. The number of para-hydroxylation sites is 1. The fourth-order valence-corrected chi connectivity index (χ4v) is 6.05. The lowest BCUT2D eigenvalue weighted by Crippen LogP contribution is -2.39. The molecule has 1 amide bonds. The van der Waals surface area contributed by atoms with Gasteiger partial charge in [0, 0.05) is 35.9 Å². The Balaban J connectivity index is 1.36. The second-order valence-electron chi connectivity index (χ2n) is 10.6. The molecule has 2 aliphatic rings. The van der Waals surface area contributed by atoms with Gasteiger partial charge in [-0.15, -0.1) is 0 Å². The van der Waals surface area contributed by atoms with Crippen molar-refractivity contribution in [3.63, 3.8) is 0 Å². The lowest BCUT2D eigenvalue weighted by molar-refractivity contribution is -0.135. The van der Waals surface area contributed by atoms with Crippen LogP contribution in [0, 0.1) is 10.8 Å². The highest BCUT2D eigenvalue weighted by molar-refractivity contribution is 6.05. The molecule has 3 aromatic rings. The maximum atomic E-state index is 13.1. The molecule has 0 spiro atoms. The third-order valence-corrected chi connectivity index (χ3v) is 6.96. The van der Waals surface area contributed by atoms with Crippen LogP contribution in [0.4, 0.5) is 0 Å². The van der Waals surface area contributed by atoms with Crippen LogP contribution in [0.3, 0.4) is 0 Å². The zero-order valence-electron chi connectivity index (χ0n) is 19.4. The topological polar surface area (TPSA) is 72.4 Å². The molecule has 2 atom stereocenters. The van der Waals surface area contributed by atoms with Gasteiger partial charge in [0.2, 0.25) is 0 Å². The highest BCUT2D eigenvalue weighted by Gasteiger charge is 2.50. The summed E-state index contributed by atoms with van der Waals surface area (Å²) in [7, 11) is 0. The third-order valence-electron chi connectivity index (χ3n) is 6.96. The summed E-state index contributed by atoms with van der Waals surface area (Å²) in [6.45, 7) is 7.31. The molecule has 1 saturated carbocycles. The fraction of sp³-hybridized carbons (Fsp3) is 0.407. The summed E-state index contributed by atoms with van der Waals surface area (Å²) in [5.41, 5.74) is 2.92. The number of likely N-dealkylation sites (tertiary alicyclic amines) is 1. The number of rotatable bonds is 4. The van der Waals surface area contributed by atoms with Crippen LogP contribution in [0.5, 0.6) is 0 Å². The predicted molar refractivity (Wildman–Crippen MR) is 126 cm³/mol. The van der Waals surface area contributed by atoms with Gasteiger partial charge >= 0.3 is 5.97 Å². The molecule has 3 heterocycles. The summed E-state index contributed by atoms with van der Waals surface area (Å²) < 4.78 is 5.56. The third kappa shape index (κ3) is 4.22. The van der Waals surface area contributed by atoms with E-state index in [4.69, 9.17) is 4.74 Å². The number of carbonyl (C=O) groups is 2. The quantitative estimate of drug-likeness (QED) is 0.538. The van der Waals surface area contributed by atoms with Gasteiger partial charge in [-0.1, -0.05) is 39.0 Å². The molecule has 2 bridgehead atoms. The summed E-state index contributed by atoms with van der Waals surface area (Å²) in [4.78, 5) is 37.0. The van der Waals surface area contributed by atoms with Gasteiger partial charge < -0.3 is 9.64 Å². The Kier molecular flexibility index (Phi) is 5.19. The van der Waals surface area contributed by atoms with Gasteiger partial charge in [0.05, 0.1) is 16.8 Å². The van der Waals surface area contributed by atoms with Crippen LogP contribution in [-0.4, -0.2) is 45.9 Å². The number of benzene rings is 1. The molecule has 6 heteroatoms. The SMILES string of the molecule is CC1(C)CC2CC(C)(CN2C(=O)COC(=O)c2cc(-c3cccnc3)nc3ccccc23)C1.